The molecule has 0 amide bonds. The van der Waals surface area contributed by atoms with Gasteiger partial charge in [0.1, 0.15) is 0 Å². The predicted octanol–water partition coefficient (Wildman–Crippen LogP) is 5.02. The van der Waals surface area contributed by atoms with E-state index >= 15 is 0 Å². The summed E-state index contributed by atoms with van der Waals surface area (Å²) in [5, 5.41) is 0. The highest BCUT2D eigenvalue weighted by Gasteiger charge is 2.29. The van der Waals surface area contributed by atoms with Gasteiger partial charge in [0.05, 0.1) is 5.56 Å². The molecule has 0 saturated carbocycles. The largest absolute Gasteiger partial charge is 0.416 e. The lowest BCUT2D eigenvalue weighted by Crippen LogP contribution is -2.15. The molecule has 0 aliphatic heterocycles. The summed E-state index contributed by atoms with van der Waals surface area (Å²) in [6, 6.07) is 10.7. The molecule has 2 rings (SSSR count). The Labute approximate surface area is 130 Å². The van der Waals surface area contributed by atoms with Crippen molar-refractivity contribution in [3.05, 3.63) is 69.2 Å². The molecule has 2 aromatic rings. The van der Waals surface area contributed by atoms with Crippen molar-refractivity contribution in [2.45, 2.75) is 25.6 Å². The second kappa shape index (κ2) is 6.20. The fourth-order valence-electron chi connectivity index (χ4n) is 2.22. The third-order valence-electron chi connectivity index (χ3n) is 3.45. The van der Waals surface area contributed by atoms with E-state index in [1.807, 2.05) is 25.1 Å². The van der Waals surface area contributed by atoms with E-state index in [9.17, 15) is 13.2 Å². The number of nitrogens with two attached hydrogens (primary N) is 1. The maximum Gasteiger partial charge on any atom is 0.416 e. The standard InChI is InChI=1S/C16H15BrF3N/c1-10-13(3-2-4-14(10)17)15(21)9-11-5-7-12(8-6-11)16(18,19)20/h2-8,15H,9,21H2,1H3. The second-order valence-corrected chi connectivity index (χ2v) is 5.81. The molecule has 0 aliphatic rings. The topological polar surface area (TPSA) is 26.0 Å². The average molecular weight is 358 g/mol. The first-order valence-corrected chi connectivity index (χ1v) is 7.25. The third-order valence-corrected chi connectivity index (χ3v) is 4.31. The Balaban J connectivity index is 2.16. The van der Waals surface area contributed by atoms with Crippen LogP contribution in [0.25, 0.3) is 0 Å². The van der Waals surface area contributed by atoms with E-state index in [1.54, 1.807) is 0 Å². The van der Waals surface area contributed by atoms with Crippen LogP contribution in [0.2, 0.25) is 0 Å². The van der Waals surface area contributed by atoms with Gasteiger partial charge in [-0.15, -0.1) is 0 Å². The molecule has 5 heteroatoms. The molecule has 0 spiro atoms. The van der Waals surface area contributed by atoms with Crippen LogP contribution in [0.15, 0.2) is 46.9 Å². The van der Waals surface area contributed by atoms with Crippen molar-refractivity contribution >= 4 is 15.9 Å². The van der Waals surface area contributed by atoms with Crippen molar-refractivity contribution < 1.29 is 13.2 Å². The molecule has 0 fully saturated rings. The summed E-state index contributed by atoms with van der Waals surface area (Å²) in [6.45, 7) is 1.96. The molecular formula is C16H15BrF3N. The van der Waals surface area contributed by atoms with Crippen LogP contribution in [0.1, 0.15) is 28.3 Å². The number of rotatable bonds is 3. The number of alkyl halides is 3. The predicted molar refractivity (Wildman–Crippen MR) is 81.0 cm³/mol. The summed E-state index contributed by atoms with van der Waals surface area (Å²) in [4.78, 5) is 0. The van der Waals surface area contributed by atoms with E-state index in [0.717, 1.165) is 33.3 Å². The zero-order valence-corrected chi connectivity index (χ0v) is 13.0. The normalized spacial score (nSPS) is 13.2. The molecule has 21 heavy (non-hydrogen) atoms. The smallest absolute Gasteiger partial charge is 0.324 e. The lowest BCUT2D eigenvalue weighted by molar-refractivity contribution is -0.137. The fourth-order valence-corrected chi connectivity index (χ4v) is 2.60. The van der Waals surface area contributed by atoms with Crippen LogP contribution in [0.3, 0.4) is 0 Å². The van der Waals surface area contributed by atoms with E-state index in [4.69, 9.17) is 5.73 Å². The highest BCUT2D eigenvalue weighted by atomic mass is 79.9. The lowest BCUT2D eigenvalue weighted by atomic mass is 9.96. The molecule has 2 N–H and O–H groups in total. The fraction of sp³-hybridized carbons (Fsp3) is 0.250. The Morgan fingerprint density at radius 2 is 1.71 bits per heavy atom. The summed E-state index contributed by atoms with van der Waals surface area (Å²) >= 11 is 3.45. The number of benzene rings is 2. The first-order chi connectivity index (χ1) is 9.79. The van der Waals surface area contributed by atoms with Crippen molar-refractivity contribution in [3.8, 4) is 0 Å². The van der Waals surface area contributed by atoms with Crippen LogP contribution in [0.5, 0.6) is 0 Å². The molecule has 2 aromatic carbocycles. The van der Waals surface area contributed by atoms with Gasteiger partial charge in [0.2, 0.25) is 0 Å². The van der Waals surface area contributed by atoms with Gasteiger partial charge in [-0.25, -0.2) is 0 Å². The maximum atomic E-state index is 12.5. The van der Waals surface area contributed by atoms with Gasteiger partial charge in [-0.05, 0) is 48.2 Å². The van der Waals surface area contributed by atoms with Gasteiger partial charge in [-0.1, -0.05) is 40.2 Å². The number of halogens is 4. The minimum atomic E-state index is -4.30. The van der Waals surface area contributed by atoms with Crippen LogP contribution >= 0.6 is 15.9 Å². The van der Waals surface area contributed by atoms with Gasteiger partial charge < -0.3 is 5.73 Å². The minimum absolute atomic E-state index is 0.251. The maximum absolute atomic E-state index is 12.5. The first kappa shape index (κ1) is 16.0. The monoisotopic (exact) mass is 357 g/mol. The van der Waals surface area contributed by atoms with Crippen molar-refractivity contribution in [3.63, 3.8) is 0 Å². The minimum Gasteiger partial charge on any atom is -0.324 e. The molecule has 1 unspecified atom stereocenters. The Morgan fingerprint density at radius 1 is 1.10 bits per heavy atom. The van der Waals surface area contributed by atoms with Crippen LogP contribution in [0, 0.1) is 6.92 Å². The molecule has 0 aromatic heterocycles. The van der Waals surface area contributed by atoms with E-state index in [0.29, 0.717) is 6.42 Å². The van der Waals surface area contributed by atoms with Crippen molar-refractivity contribution in [2.24, 2.45) is 5.73 Å². The summed E-state index contributed by atoms with van der Waals surface area (Å²) in [5.74, 6) is 0. The molecule has 0 aliphatic carbocycles. The number of hydrogen-bond acceptors (Lipinski definition) is 1. The number of hydrogen-bond donors (Lipinski definition) is 1. The Hall–Kier alpha value is -1.33. The van der Waals surface area contributed by atoms with Gasteiger partial charge in [0, 0.05) is 10.5 Å². The molecule has 0 heterocycles. The lowest BCUT2D eigenvalue weighted by Gasteiger charge is -2.16. The molecule has 0 saturated heterocycles. The van der Waals surface area contributed by atoms with Gasteiger partial charge in [-0.2, -0.15) is 13.2 Å². The Morgan fingerprint density at radius 3 is 2.29 bits per heavy atom. The molecule has 1 atom stereocenters. The zero-order valence-electron chi connectivity index (χ0n) is 11.4. The van der Waals surface area contributed by atoms with Gasteiger partial charge in [0.15, 0.2) is 0 Å². The zero-order chi connectivity index (χ0) is 15.6. The Bertz CT molecular complexity index is 620. The van der Waals surface area contributed by atoms with Crippen LogP contribution in [0.4, 0.5) is 13.2 Å². The van der Waals surface area contributed by atoms with Crippen molar-refractivity contribution in [1.29, 1.82) is 0 Å². The third kappa shape index (κ3) is 3.86. The van der Waals surface area contributed by atoms with Crippen LogP contribution in [-0.4, -0.2) is 0 Å². The van der Waals surface area contributed by atoms with Crippen molar-refractivity contribution in [1.82, 2.24) is 0 Å². The van der Waals surface area contributed by atoms with Crippen molar-refractivity contribution in [2.75, 3.05) is 0 Å². The molecular weight excluding hydrogens is 343 g/mol. The quantitative estimate of drug-likeness (QED) is 0.819. The SMILES string of the molecule is Cc1c(Br)cccc1C(N)Cc1ccc(C(F)(F)F)cc1. The summed E-state index contributed by atoms with van der Waals surface area (Å²) in [5.41, 5.74) is 8.37. The van der Waals surface area contributed by atoms with Crippen LogP contribution in [-0.2, 0) is 12.6 Å². The molecule has 1 nitrogen and oxygen atoms in total. The van der Waals surface area contributed by atoms with E-state index < -0.39 is 11.7 Å². The van der Waals surface area contributed by atoms with Crippen LogP contribution < -0.4 is 5.73 Å². The summed E-state index contributed by atoms with van der Waals surface area (Å²) in [7, 11) is 0. The highest BCUT2D eigenvalue weighted by Crippen LogP contribution is 2.30. The Kier molecular flexibility index (Phi) is 4.74. The second-order valence-electron chi connectivity index (χ2n) is 4.96. The van der Waals surface area contributed by atoms with Gasteiger partial charge >= 0.3 is 6.18 Å². The summed E-state index contributed by atoms with van der Waals surface area (Å²) in [6.07, 6.45) is -3.81. The van der Waals surface area contributed by atoms with E-state index in [-0.39, 0.29) is 6.04 Å². The van der Waals surface area contributed by atoms with Gasteiger partial charge in [-0.3, -0.25) is 0 Å². The molecule has 112 valence electrons. The molecule has 0 radical (unpaired) electrons. The molecule has 0 bridgehead atoms. The first-order valence-electron chi connectivity index (χ1n) is 6.46. The highest BCUT2D eigenvalue weighted by molar-refractivity contribution is 9.10. The average Bonchev–Trinajstić information content (AvgIpc) is 2.41. The van der Waals surface area contributed by atoms with Gasteiger partial charge in [0.25, 0.3) is 0 Å². The van der Waals surface area contributed by atoms with E-state index in [2.05, 4.69) is 15.9 Å². The summed E-state index contributed by atoms with van der Waals surface area (Å²) < 4.78 is 38.5. The van der Waals surface area contributed by atoms with E-state index in [1.165, 1.54) is 12.1 Å².